The van der Waals surface area contributed by atoms with Gasteiger partial charge >= 0.3 is 0 Å². The van der Waals surface area contributed by atoms with Gasteiger partial charge in [-0.3, -0.25) is 0 Å². The van der Waals surface area contributed by atoms with Crippen molar-refractivity contribution in [1.82, 2.24) is 0 Å². The van der Waals surface area contributed by atoms with E-state index in [0.717, 1.165) is 11.3 Å². The number of aliphatic hydroxyl groups is 1. The van der Waals surface area contributed by atoms with Crippen LogP contribution >= 0.6 is 0 Å². The van der Waals surface area contributed by atoms with Gasteiger partial charge in [-0.1, -0.05) is 12.1 Å². The molecular formula is C13H21NO2. The van der Waals surface area contributed by atoms with Gasteiger partial charge in [-0.25, -0.2) is 0 Å². The van der Waals surface area contributed by atoms with Gasteiger partial charge in [0.25, 0.3) is 0 Å². The third kappa shape index (κ3) is 3.83. The van der Waals surface area contributed by atoms with E-state index in [1.807, 2.05) is 31.2 Å². The number of methoxy groups -OCH3 is 1. The highest BCUT2D eigenvalue weighted by atomic mass is 16.5. The number of ether oxygens (including phenoxy) is 1. The first-order chi connectivity index (χ1) is 7.43. The quantitative estimate of drug-likeness (QED) is 0.805. The van der Waals surface area contributed by atoms with Crippen LogP contribution in [0.25, 0.3) is 0 Å². The largest absolute Gasteiger partial charge is 0.388 e. The molecule has 1 aromatic rings. The lowest BCUT2D eigenvalue weighted by atomic mass is 10.0. The molecule has 0 bridgehead atoms. The van der Waals surface area contributed by atoms with Crippen LogP contribution in [-0.2, 0) is 11.3 Å². The molecule has 0 heterocycles. The lowest BCUT2D eigenvalue weighted by molar-refractivity contribution is 0.0649. The highest BCUT2D eigenvalue weighted by Gasteiger charge is 2.21. The third-order valence-corrected chi connectivity index (χ3v) is 2.68. The second-order valence-electron chi connectivity index (χ2n) is 4.65. The summed E-state index contributed by atoms with van der Waals surface area (Å²) in [7, 11) is 1.68. The Hall–Kier alpha value is -1.06. The molecule has 0 amide bonds. The van der Waals surface area contributed by atoms with Gasteiger partial charge in [0.2, 0.25) is 0 Å². The molecule has 1 aromatic carbocycles. The monoisotopic (exact) mass is 223 g/mol. The van der Waals surface area contributed by atoms with Gasteiger partial charge < -0.3 is 15.2 Å². The zero-order valence-electron chi connectivity index (χ0n) is 10.4. The fourth-order valence-corrected chi connectivity index (χ4v) is 1.34. The second-order valence-corrected chi connectivity index (χ2v) is 4.65. The van der Waals surface area contributed by atoms with Crippen molar-refractivity contribution in [2.45, 2.75) is 39.0 Å². The molecule has 3 nitrogen and oxygen atoms in total. The molecule has 0 aliphatic heterocycles. The summed E-state index contributed by atoms with van der Waals surface area (Å²) in [6.45, 7) is 6.16. The number of hydrogen-bond acceptors (Lipinski definition) is 3. The van der Waals surface area contributed by atoms with Crippen LogP contribution in [0.15, 0.2) is 24.3 Å². The standard InChI is InChI=1S/C13H21NO2/c1-10(13(2,3)15)14-12-7-5-6-11(8-12)9-16-4/h5-8,10,14-15H,9H2,1-4H3. The maximum Gasteiger partial charge on any atom is 0.0789 e. The molecule has 0 spiro atoms. The average Bonchev–Trinajstić information content (AvgIpc) is 2.17. The molecule has 0 aliphatic rings. The average molecular weight is 223 g/mol. The van der Waals surface area contributed by atoms with E-state index in [0.29, 0.717) is 6.61 Å². The Bertz CT molecular complexity index is 331. The van der Waals surface area contributed by atoms with E-state index in [2.05, 4.69) is 5.32 Å². The first-order valence-electron chi connectivity index (χ1n) is 5.50. The molecule has 16 heavy (non-hydrogen) atoms. The minimum absolute atomic E-state index is 0.00899. The Kier molecular flexibility index (Phi) is 4.33. The Labute approximate surface area is 97.4 Å². The van der Waals surface area contributed by atoms with Crippen LogP contribution in [0.5, 0.6) is 0 Å². The van der Waals surface area contributed by atoms with Gasteiger partial charge in [-0.05, 0) is 38.5 Å². The topological polar surface area (TPSA) is 41.5 Å². The summed E-state index contributed by atoms with van der Waals surface area (Å²) >= 11 is 0. The highest BCUT2D eigenvalue weighted by Crippen LogP contribution is 2.17. The van der Waals surface area contributed by atoms with E-state index in [1.165, 1.54) is 0 Å². The molecule has 3 heteroatoms. The molecule has 2 N–H and O–H groups in total. The summed E-state index contributed by atoms with van der Waals surface area (Å²) in [5.41, 5.74) is 1.39. The molecule has 90 valence electrons. The van der Waals surface area contributed by atoms with Crippen LogP contribution in [-0.4, -0.2) is 23.9 Å². The maximum atomic E-state index is 9.83. The predicted octanol–water partition coefficient (Wildman–Crippen LogP) is 2.40. The Balaban J connectivity index is 2.70. The highest BCUT2D eigenvalue weighted by molar-refractivity contribution is 5.46. The van der Waals surface area contributed by atoms with E-state index in [9.17, 15) is 5.11 Å². The molecule has 1 unspecified atom stereocenters. The van der Waals surface area contributed by atoms with Crippen molar-refractivity contribution in [2.24, 2.45) is 0 Å². The van der Waals surface area contributed by atoms with Crippen molar-refractivity contribution in [1.29, 1.82) is 0 Å². The van der Waals surface area contributed by atoms with Crippen molar-refractivity contribution < 1.29 is 9.84 Å². The summed E-state index contributed by atoms with van der Waals surface area (Å²) in [4.78, 5) is 0. The summed E-state index contributed by atoms with van der Waals surface area (Å²) in [5, 5.41) is 13.1. The van der Waals surface area contributed by atoms with Crippen molar-refractivity contribution in [3.05, 3.63) is 29.8 Å². The van der Waals surface area contributed by atoms with Gasteiger partial charge in [0.1, 0.15) is 0 Å². The summed E-state index contributed by atoms with van der Waals surface area (Å²) < 4.78 is 5.08. The molecule has 0 saturated heterocycles. The second kappa shape index (κ2) is 5.32. The summed E-state index contributed by atoms with van der Waals surface area (Å²) in [6, 6.07) is 8.01. The molecule has 0 fully saturated rings. The molecule has 0 saturated carbocycles. The van der Waals surface area contributed by atoms with Gasteiger partial charge in [0, 0.05) is 12.8 Å². The van der Waals surface area contributed by atoms with Gasteiger partial charge in [-0.15, -0.1) is 0 Å². The van der Waals surface area contributed by atoms with E-state index in [1.54, 1.807) is 21.0 Å². The van der Waals surface area contributed by atoms with E-state index < -0.39 is 5.60 Å². The van der Waals surface area contributed by atoms with E-state index >= 15 is 0 Å². The fraction of sp³-hybridized carbons (Fsp3) is 0.538. The normalized spacial score (nSPS) is 13.6. The minimum atomic E-state index is -0.739. The third-order valence-electron chi connectivity index (χ3n) is 2.68. The van der Waals surface area contributed by atoms with Crippen molar-refractivity contribution in [3.63, 3.8) is 0 Å². The first kappa shape index (κ1) is 13.0. The van der Waals surface area contributed by atoms with Crippen LogP contribution in [0, 0.1) is 0 Å². The molecule has 0 aromatic heterocycles. The Morgan fingerprint density at radius 1 is 1.44 bits per heavy atom. The number of rotatable bonds is 5. The number of benzene rings is 1. The number of nitrogens with one attached hydrogen (secondary N) is 1. The molecule has 1 rings (SSSR count). The first-order valence-corrected chi connectivity index (χ1v) is 5.50. The summed E-state index contributed by atoms with van der Waals surface area (Å²) in [5.74, 6) is 0. The molecule has 0 radical (unpaired) electrons. The Morgan fingerprint density at radius 3 is 2.69 bits per heavy atom. The Morgan fingerprint density at radius 2 is 2.12 bits per heavy atom. The van der Waals surface area contributed by atoms with Gasteiger partial charge in [0.15, 0.2) is 0 Å². The zero-order chi connectivity index (χ0) is 12.2. The summed E-state index contributed by atoms with van der Waals surface area (Å²) in [6.07, 6.45) is 0. The van der Waals surface area contributed by atoms with E-state index in [-0.39, 0.29) is 6.04 Å². The predicted molar refractivity (Wildman–Crippen MR) is 66.5 cm³/mol. The number of hydrogen-bond donors (Lipinski definition) is 2. The van der Waals surface area contributed by atoms with Crippen LogP contribution < -0.4 is 5.32 Å². The van der Waals surface area contributed by atoms with Crippen LogP contribution in [0.4, 0.5) is 5.69 Å². The SMILES string of the molecule is COCc1cccc(NC(C)C(C)(C)O)c1. The molecule has 0 aliphatic carbocycles. The lowest BCUT2D eigenvalue weighted by Crippen LogP contribution is -2.39. The lowest BCUT2D eigenvalue weighted by Gasteiger charge is -2.27. The smallest absolute Gasteiger partial charge is 0.0789 e. The fourth-order valence-electron chi connectivity index (χ4n) is 1.34. The van der Waals surface area contributed by atoms with Crippen molar-refractivity contribution in [2.75, 3.05) is 12.4 Å². The number of anilines is 1. The van der Waals surface area contributed by atoms with Gasteiger partial charge in [0.05, 0.1) is 18.2 Å². The van der Waals surface area contributed by atoms with Crippen LogP contribution in [0.2, 0.25) is 0 Å². The van der Waals surface area contributed by atoms with E-state index in [4.69, 9.17) is 4.74 Å². The van der Waals surface area contributed by atoms with Crippen molar-refractivity contribution >= 4 is 5.69 Å². The minimum Gasteiger partial charge on any atom is -0.388 e. The molecule has 1 atom stereocenters. The van der Waals surface area contributed by atoms with Gasteiger partial charge in [-0.2, -0.15) is 0 Å². The zero-order valence-corrected chi connectivity index (χ0v) is 10.4. The van der Waals surface area contributed by atoms with Crippen LogP contribution in [0.3, 0.4) is 0 Å². The van der Waals surface area contributed by atoms with Crippen molar-refractivity contribution in [3.8, 4) is 0 Å². The van der Waals surface area contributed by atoms with Crippen LogP contribution in [0.1, 0.15) is 26.3 Å². The maximum absolute atomic E-state index is 9.83. The molecular weight excluding hydrogens is 202 g/mol.